The number of hydrogen-bond acceptors (Lipinski definition) is 4. The maximum absolute atomic E-state index is 11.0. The molecule has 1 fully saturated rings. The Morgan fingerprint density at radius 1 is 1.46 bits per heavy atom. The predicted molar refractivity (Wildman–Crippen MR) is 50.3 cm³/mol. The van der Waals surface area contributed by atoms with Gasteiger partial charge in [-0.3, -0.25) is 4.79 Å². The van der Waals surface area contributed by atoms with E-state index in [1.807, 2.05) is 0 Å². The second kappa shape index (κ2) is 5.19. The summed E-state index contributed by atoms with van der Waals surface area (Å²) in [5, 5.41) is 0. The van der Waals surface area contributed by atoms with Crippen LogP contribution in [0.5, 0.6) is 0 Å². The van der Waals surface area contributed by atoms with Crippen LogP contribution in [0.2, 0.25) is 0 Å². The fourth-order valence-corrected chi connectivity index (χ4v) is 1.65. The first-order valence-electron chi connectivity index (χ1n) is 4.80. The van der Waals surface area contributed by atoms with Crippen LogP contribution in [0.25, 0.3) is 0 Å². The third-order valence-corrected chi connectivity index (χ3v) is 2.41. The Bertz CT molecular complexity index is 167. The maximum Gasteiger partial charge on any atom is 0.323 e. The molecule has 4 heteroatoms. The number of carbonyl (C=O) groups excluding carboxylic acids is 1. The summed E-state index contributed by atoms with van der Waals surface area (Å²) in [6.07, 6.45) is 3.73. The quantitative estimate of drug-likeness (QED) is 0.629. The number of piperidine rings is 1. The van der Waals surface area contributed by atoms with E-state index in [1.54, 1.807) is 0 Å². The topological polar surface area (TPSA) is 55.6 Å². The number of rotatable bonds is 3. The molecule has 0 amide bonds. The zero-order valence-corrected chi connectivity index (χ0v) is 8.16. The van der Waals surface area contributed by atoms with Gasteiger partial charge in [-0.2, -0.15) is 0 Å². The van der Waals surface area contributed by atoms with Crippen LogP contribution >= 0.6 is 0 Å². The zero-order chi connectivity index (χ0) is 9.68. The number of hydrogen-bond donors (Lipinski definition) is 1. The van der Waals surface area contributed by atoms with Gasteiger partial charge in [0.15, 0.2) is 0 Å². The van der Waals surface area contributed by atoms with E-state index in [0.717, 1.165) is 13.1 Å². The molecule has 0 bridgehead atoms. The summed E-state index contributed by atoms with van der Waals surface area (Å²) in [4.78, 5) is 13.2. The number of nitrogens with two attached hydrogens (primary N) is 1. The molecule has 1 aliphatic rings. The second-order valence-corrected chi connectivity index (χ2v) is 3.49. The molecule has 0 saturated carbocycles. The lowest BCUT2D eigenvalue weighted by Gasteiger charge is -2.27. The van der Waals surface area contributed by atoms with Crippen LogP contribution < -0.4 is 5.73 Å². The molecule has 13 heavy (non-hydrogen) atoms. The Morgan fingerprint density at radius 2 is 2.08 bits per heavy atom. The lowest BCUT2D eigenvalue weighted by atomic mass is 10.1. The van der Waals surface area contributed by atoms with Crippen molar-refractivity contribution in [3.05, 3.63) is 0 Å². The number of carbonyl (C=O) groups is 1. The summed E-state index contributed by atoms with van der Waals surface area (Å²) >= 11 is 0. The van der Waals surface area contributed by atoms with Gasteiger partial charge in [-0.1, -0.05) is 6.42 Å². The molecule has 0 radical (unpaired) electrons. The van der Waals surface area contributed by atoms with Crippen LogP contribution in [0.15, 0.2) is 0 Å². The monoisotopic (exact) mass is 186 g/mol. The number of esters is 1. The predicted octanol–water partition coefficient (Wildman–Crippen LogP) is -0.0274. The largest absolute Gasteiger partial charge is 0.468 e. The molecule has 1 atom stereocenters. The first-order valence-corrected chi connectivity index (χ1v) is 4.80. The average Bonchev–Trinajstić information content (AvgIpc) is 2.18. The van der Waals surface area contributed by atoms with Gasteiger partial charge in [0.2, 0.25) is 0 Å². The minimum Gasteiger partial charge on any atom is -0.468 e. The summed E-state index contributed by atoms with van der Waals surface area (Å²) in [5.41, 5.74) is 5.64. The van der Waals surface area contributed by atoms with Crippen molar-refractivity contribution >= 4 is 5.97 Å². The second-order valence-electron chi connectivity index (χ2n) is 3.49. The molecule has 4 nitrogen and oxygen atoms in total. The van der Waals surface area contributed by atoms with E-state index in [4.69, 9.17) is 5.73 Å². The molecule has 0 unspecified atom stereocenters. The van der Waals surface area contributed by atoms with Crippen molar-refractivity contribution < 1.29 is 9.53 Å². The van der Waals surface area contributed by atoms with Crippen LogP contribution in [-0.4, -0.2) is 43.7 Å². The molecule has 1 aliphatic heterocycles. The fourth-order valence-electron chi connectivity index (χ4n) is 1.65. The number of methoxy groups -OCH3 is 1. The Labute approximate surface area is 79.0 Å². The molecule has 2 N–H and O–H groups in total. The molecule has 0 aliphatic carbocycles. The van der Waals surface area contributed by atoms with Crippen molar-refractivity contribution in [3.63, 3.8) is 0 Å². The Balaban J connectivity index is 2.25. The molecular formula is C9H18N2O2. The van der Waals surface area contributed by atoms with Crippen molar-refractivity contribution in [2.24, 2.45) is 5.73 Å². The molecule has 76 valence electrons. The smallest absolute Gasteiger partial charge is 0.323 e. The minimum atomic E-state index is -0.483. The van der Waals surface area contributed by atoms with Crippen molar-refractivity contribution in [2.45, 2.75) is 25.3 Å². The van der Waals surface area contributed by atoms with Crippen LogP contribution in [0, 0.1) is 0 Å². The third-order valence-electron chi connectivity index (χ3n) is 2.41. The van der Waals surface area contributed by atoms with Gasteiger partial charge in [0.25, 0.3) is 0 Å². The van der Waals surface area contributed by atoms with E-state index in [1.165, 1.54) is 26.4 Å². The highest BCUT2D eigenvalue weighted by atomic mass is 16.5. The SMILES string of the molecule is COC(=O)[C@@H](N)CN1CCCCC1. The Kier molecular flexibility index (Phi) is 4.18. The molecule has 0 spiro atoms. The molecule has 0 aromatic heterocycles. The van der Waals surface area contributed by atoms with E-state index in [-0.39, 0.29) is 5.97 Å². The van der Waals surface area contributed by atoms with Gasteiger partial charge in [-0.15, -0.1) is 0 Å². The third kappa shape index (κ3) is 3.32. The van der Waals surface area contributed by atoms with Crippen molar-refractivity contribution in [1.29, 1.82) is 0 Å². The van der Waals surface area contributed by atoms with Gasteiger partial charge in [0.05, 0.1) is 7.11 Å². The lowest BCUT2D eigenvalue weighted by Crippen LogP contribution is -2.45. The van der Waals surface area contributed by atoms with Gasteiger partial charge in [-0.25, -0.2) is 0 Å². The number of ether oxygens (including phenoxy) is 1. The van der Waals surface area contributed by atoms with Gasteiger partial charge in [-0.05, 0) is 25.9 Å². The Hall–Kier alpha value is -0.610. The van der Waals surface area contributed by atoms with E-state index < -0.39 is 6.04 Å². The molecule has 1 saturated heterocycles. The molecular weight excluding hydrogens is 168 g/mol. The molecule has 1 rings (SSSR count). The van der Waals surface area contributed by atoms with Crippen LogP contribution in [-0.2, 0) is 9.53 Å². The van der Waals surface area contributed by atoms with Gasteiger partial charge in [0, 0.05) is 6.54 Å². The summed E-state index contributed by atoms with van der Waals surface area (Å²) in [7, 11) is 1.37. The first-order chi connectivity index (χ1) is 6.24. The van der Waals surface area contributed by atoms with Crippen molar-refractivity contribution in [2.75, 3.05) is 26.7 Å². The van der Waals surface area contributed by atoms with Crippen LogP contribution in [0.4, 0.5) is 0 Å². The highest BCUT2D eigenvalue weighted by molar-refractivity contribution is 5.75. The van der Waals surface area contributed by atoms with Gasteiger partial charge < -0.3 is 15.4 Å². The zero-order valence-electron chi connectivity index (χ0n) is 8.16. The number of nitrogens with zero attached hydrogens (tertiary/aromatic N) is 1. The van der Waals surface area contributed by atoms with Gasteiger partial charge in [0.1, 0.15) is 6.04 Å². The highest BCUT2D eigenvalue weighted by Gasteiger charge is 2.19. The fraction of sp³-hybridized carbons (Fsp3) is 0.889. The first kappa shape index (κ1) is 10.5. The average molecular weight is 186 g/mol. The maximum atomic E-state index is 11.0. The number of likely N-dealkylation sites (tertiary alicyclic amines) is 1. The van der Waals surface area contributed by atoms with Crippen LogP contribution in [0.1, 0.15) is 19.3 Å². The van der Waals surface area contributed by atoms with E-state index in [9.17, 15) is 4.79 Å². The molecule has 0 aromatic carbocycles. The summed E-state index contributed by atoms with van der Waals surface area (Å²) in [6.45, 7) is 2.75. The molecule has 1 heterocycles. The summed E-state index contributed by atoms with van der Waals surface area (Å²) in [5.74, 6) is -0.314. The van der Waals surface area contributed by atoms with E-state index in [0.29, 0.717) is 6.54 Å². The van der Waals surface area contributed by atoms with Gasteiger partial charge >= 0.3 is 5.97 Å². The summed E-state index contributed by atoms with van der Waals surface area (Å²) < 4.78 is 4.56. The van der Waals surface area contributed by atoms with Crippen molar-refractivity contribution in [3.8, 4) is 0 Å². The minimum absolute atomic E-state index is 0.314. The Morgan fingerprint density at radius 3 is 2.62 bits per heavy atom. The van der Waals surface area contributed by atoms with Crippen LogP contribution in [0.3, 0.4) is 0 Å². The normalized spacial score (nSPS) is 21.1. The highest BCUT2D eigenvalue weighted by Crippen LogP contribution is 2.08. The van der Waals surface area contributed by atoms with Crippen molar-refractivity contribution in [1.82, 2.24) is 4.90 Å². The standard InChI is InChI=1S/C9H18N2O2/c1-13-9(12)8(10)7-11-5-3-2-4-6-11/h8H,2-7,10H2,1H3/t8-/m0/s1. The lowest BCUT2D eigenvalue weighted by molar-refractivity contribution is -0.142. The summed E-state index contributed by atoms with van der Waals surface area (Å²) in [6, 6.07) is -0.483. The van der Waals surface area contributed by atoms with E-state index in [2.05, 4.69) is 9.64 Å². The van der Waals surface area contributed by atoms with E-state index >= 15 is 0 Å². The molecule has 0 aromatic rings.